The zero-order valence-corrected chi connectivity index (χ0v) is 17.8. The van der Waals surface area contributed by atoms with Crippen LogP contribution in [0.15, 0.2) is 48.7 Å². The van der Waals surface area contributed by atoms with Crippen molar-refractivity contribution in [1.82, 2.24) is 9.97 Å². The lowest BCUT2D eigenvalue weighted by molar-refractivity contribution is 0.0988. The van der Waals surface area contributed by atoms with Crippen LogP contribution >= 0.6 is 0 Å². The molecule has 166 valence electrons. The van der Waals surface area contributed by atoms with Crippen molar-refractivity contribution >= 4 is 11.5 Å². The maximum atomic E-state index is 14.4. The molecule has 0 saturated carbocycles. The number of aliphatic hydroxyl groups excluding tert-OH is 1. The molecular weight excluding hydrogens is 416 g/mol. The molecule has 2 heterocycles. The van der Waals surface area contributed by atoms with Gasteiger partial charge in [0.25, 0.3) is 0 Å². The highest BCUT2D eigenvalue weighted by Gasteiger charge is 2.29. The Balaban J connectivity index is 1.65. The van der Waals surface area contributed by atoms with Gasteiger partial charge >= 0.3 is 0 Å². The molecule has 1 saturated heterocycles. The number of aromatic nitrogens is 2. The summed E-state index contributed by atoms with van der Waals surface area (Å²) in [4.78, 5) is 23.4. The number of hydrogen-bond donors (Lipinski definition) is 1. The molecule has 0 unspecified atom stereocenters. The molecule has 32 heavy (non-hydrogen) atoms. The third kappa shape index (κ3) is 4.31. The third-order valence-electron chi connectivity index (χ3n) is 5.61. The molecule has 0 amide bonds. The number of aliphatic hydroxyl groups is 1. The standard InChI is InChI=1S/C24H23F2N3O3/c1-14-10-17(30)13-29(14)20-7-6-16(25)11-15(20)12-21(31)19-8-9-27-24(28-19)23-18(26)4-3-5-22(23)32-2/h3-9,11,14,17,30H,10,12-13H2,1-2H3/t14-,17-/m0/s1. The Morgan fingerprint density at radius 3 is 2.78 bits per heavy atom. The fraction of sp³-hybridized carbons (Fsp3) is 0.292. The summed E-state index contributed by atoms with van der Waals surface area (Å²) >= 11 is 0. The minimum absolute atomic E-state index is 0.0292. The fourth-order valence-electron chi connectivity index (χ4n) is 4.10. The molecule has 6 nitrogen and oxygen atoms in total. The molecule has 1 aromatic heterocycles. The normalized spacial score (nSPS) is 18.1. The molecule has 2 aromatic carbocycles. The molecule has 1 aliphatic rings. The highest BCUT2D eigenvalue weighted by atomic mass is 19.1. The van der Waals surface area contributed by atoms with E-state index in [1.165, 1.54) is 43.6 Å². The maximum Gasteiger partial charge on any atom is 0.185 e. The number of carbonyl (C=O) groups is 1. The molecule has 1 fully saturated rings. The van der Waals surface area contributed by atoms with Crippen LogP contribution in [0.5, 0.6) is 5.75 Å². The van der Waals surface area contributed by atoms with Gasteiger partial charge < -0.3 is 14.7 Å². The molecule has 0 radical (unpaired) electrons. The van der Waals surface area contributed by atoms with Gasteiger partial charge in [0.2, 0.25) is 0 Å². The van der Waals surface area contributed by atoms with E-state index in [0.717, 1.165) is 0 Å². The largest absolute Gasteiger partial charge is 0.496 e. The second-order valence-corrected chi connectivity index (χ2v) is 7.85. The van der Waals surface area contributed by atoms with Gasteiger partial charge in [0.05, 0.1) is 18.8 Å². The summed E-state index contributed by atoms with van der Waals surface area (Å²) in [6, 6.07) is 10.2. The van der Waals surface area contributed by atoms with E-state index in [1.54, 1.807) is 12.1 Å². The molecule has 3 aromatic rings. The number of hydrogen-bond acceptors (Lipinski definition) is 6. The molecule has 1 N–H and O–H groups in total. The van der Waals surface area contributed by atoms with Gasteiger partial charge in [-0.2, -0.15) is 0 Å². The van der Waals surface area contributed by atoms with Gasteiger partial charge in [-0.15, -0.1) is 0 Å². The number of carbonyl (C=O) groups excluding carboxylic acids is 1. The smallest absolute Gasteiger partial charge is 0.185 e. The topological polar surface area (TPSA) is 75.5 Å². The number of ether oxygens (including phenoxy) is 1. The number of halogens is 2. The maximum absolute atomic E-state index is 14.4. The van der Waals surface area contributed by atoms with Crippen molar-refractivity contribution in [2.45, 2.75) is 31.9 Å². The first kappa shape index (κ1) is 21.8. The molecule has 0 bridgehead atoms. The number of rotatable bonds is 6. The number of nitrogens with zero attached hydrogens (tertiary/aromatic N) is 3. The van der Waals surface area contributed by atoms with Gasteiger partial charge in [0, 0.05) is 30.9 Å². The first-order valence-corrected chi connectivity index (χ1v) is 10.3. The first-order valence-electron chi connectivity index (χ1n) is 10.3. The summed E-state index contributed by atoms with van der Waals surface area (Å²) in [6.45, 7) is 2.39. The fourth-order valence-corrected chi connectivity index (χ4v) is 4.10. The number of methoxy groups -OCH3 is 1. The Kier molecular flexibility index (Phi) is 6.14. The van der Waals surface area contributed by atoms with E-state index in [4.69, 9.17) is 4.74 Å². The minimum atomic E-state index is -0.567. The molecular formula is C24H23F2N3O3. The van der Waals surface area contributed by atoms with Gasteiger partial charge in [0.1, 0.15) is 23.1 Å². The van der Waals surface area contributed by atoms with Crippen molar-refractivity contribution in [3.8, 4) is 17.1 Å². The summed E-state index contributed by atoms with van der Waals surface area (Å²) < 4.78 is 33.7. The number of β-amino-alcohol motifs (C(OH)–C–C–N with tert-alkyl or cyclic N) is 1. The molecule has 8 heteroatoms. The average Bonchev–Trinajstić information content (AvgIpc) is 3.11. The summed E-state index contributed by atoms with van der Waals surface area (Å²) in [5.74, 6) is -1.10. The predicted octanol–water partition coefficient (Wildman–Crippen LogP) is 3.82. The lowest BCUT2D eigenvalue weighted by Crippen LogP contribution is -2.28. The molecule has 0 aliphatic carbocycles. The second-order valence-electron chi connectivity index (χ2n) is 7.85. The molecule has 4 rings (SSSR count). The number of benzene rings is 2. The van der Waals surface area contributed by atoms with E-state index in [0.29, 0.717) is 24.2 Å². The Labute approximate surface area is 184 Å². The average molecular weight is 439 g/mol. The van der Waals surface area contributed by atoms with E-state index in [2.05, 4.69) is 9.97 Å². The van der Waals surface area contributed by atoms with Crippen LogP contribution in [0.4, 0.5) is 14.5 Å². The summed E-state index contributed by atoms with van der Waals surface area (Å²) in [5.41, 5.74) is 1.36. The van der Waals surface area contributed by atoms with Crippen LogP contribution in [0.25, 0.3) is 11.4 Å². The summed E-state index contributed by atoms with van der Waals surface area (Å²) in [7, 11) is 1.41. The predicted molar refractivity (Wildman–Crippen MR) is 116 cm³/mol. The van der Waals surface area contributed by atoms with Crippen LogP contribution in [-0.4, -0.2) is 46.7 Å². The van der Waals surface area contributed by atoms with Crippen LogP contribution in [0.1, 0.15) is 29.4 Å². The monoisotopic (exact) mass is 439 g/mol. The lowest BCUT2D eigenvalue weighted by Gasteiger charge is -2.26. The molecule has 2 atom stereocenters. The van der Waals surface area contributed by atoms with E-state index in [-0.39, 0.29) is 41.1 Å². The Hall–Kier alpha value is -3.39. The SMILES string of the molecule is COc1cccc(F)c1-c1nccc(C(=O)Cc2cc(F)ccc2N2C[C@@H](O)C[C@@H]2C)n1. The van der Waals surface area contributed by atoms with Crippen molar-refractivity contribution in [1.29, 1.82) is 0 Å². The zero-order chi connectivity index (χ0) is 22.8. The van der Waals surface area contributed by atoms with Crippen molar-refractivity contribution in [2.24, 2.45) is 0 Å². The van der Waals surface area contributed by atoms with Crippen LogP contribution < -0.4 is 9.64 Å². The third-order valence-corrected chi connectivity index (χ3v) is 5.61. The van der Waals surface area contributed by atoms with E-state index >= 15 is 0 Å². The quantitative estimate of drug-likeness (QED) is 0.589. The van der Waals surface area contributed by atoms with Gasteiger partial charge in [0.15, 0.2) is 11.6 Å². The second kappa shape index (κ2) is 9.00. The van der Waals surface area contributed by atoms with Crippen molar-refractivity contribution in [3.63, 3.8) is 0 Å². The molecule has 0 spiro atoms. The summed E-state index contributed by atoms with van der Waals surface area (Å²) in [5, 5.41) is 10.0. The van der Waals surface area contributed by atoms with Crippen LogP contribution in [-0.2, 0) is 6.42 Å². The van der Waals surface area contributed by atoms with Crippen LogP contribution in [0.3, 0.4) is 0 Å². The van der Waals surface area contributed by atoms with Crippen LogP contribution in [0.2, 0.25) is 0 Å². The Morgan fingerprint density at radius 2 is 2.06 bits per heavy atom. The van der Waals surface area contributed by atoms with E-state index in [9.17, 15) is 18.7 Å². The number of ketones is 1. The van der Waals surface area contributed by atoms with Gasteiger partial charge in [-0.05, 0) is 55.3 Å². The minimum Gasteiger partial charge on any atom is -0.496 e. The lowest BCUT2D eigenvalue weighted by atomic mass is 10.0. The van der Waals surface area contributed by atoms with Gasteiger partial charge in [-0.25, -0.2) is 18.7 Å². The van der Waals surface area contributed by atoms with Crippen molar-refractivity contribution < 1.29 is 23.4 Å². The van der Waals surface area contributed by atoms with E-state index in [1.807, 2.05) is 11.8 Å². The highest BCUT2D eigenvalue weighted by Crippen LogP contribution is 2.32. The van der Waals surface area contributed by atoms with E-state index < -0.39 is 17.7 Å². The zero-order valence-electron chi connectivity index (χ0n) is 17.8. The van der Waals surface area contributed by atoms with Gasteiger partial charge in [-0.1, -0.05) is 6.07 Å². The van der Waals surface area contributed by atoms with Gasteiger partial charge in [-0.3, -0.25) is 4.79 Å². The number of anilines is 1. The summed E-state index contributed by atoms with van der Waals surface area (Å²) in [6.07, 6.45) is 1.41. The Morgan fingerprint density at radius 1 is 1.25 bits per heavy atom. The Bertz CT molecular complexity index is 1160. The van der Waals surface area contributed by atoms with Crippen molar-refractivity contribution in [2.75, 3.05) is 18.6 Å². The first-order chi connectivity index (χ1) is 15.4. The van der Waals surface area contributed by atoms with Crippen molar-refractivity contribution in [3.05, 3.63) is 71.6 Å². The number of Topliss-reactive ketones (excluding diaryl/α,β-unsaturated/α-hetero) is 1. The molecule has 1 aliphatic heterocycles. The van der Waals surface area contributed by atoms with Crippen LogP contribution in [0, 0.1) is 11.6 Å². The highest BCUT2D eigenvalue weighted by molar-refractivity contribution is 5.97.